The van der Waals surface area contributed by atoms with E-state index in [0.29, 0.717) is 0 Å². The molecule has 2 aromatic rings. The minimum absolute atomic E-state index is 0.0976. The van der Waals surface area contributed by atoms with Crippen LogP contribution < -0.4 is 9.84 Å². The van der Waals surface area contributed by atoms with Gasteiger partial charge in [-0.3, -0.25) is 0 Å². The van der Waals surface area contributed by atoms with E-state index < -0.39 is 5.97 Å². The minimum Gasteiger partial charge on any atom is -0.543 e. The third-order valence-electron chi connectivity index (χ3n) is 2.55. The summed E-state index contributed by atoms with van der Waals surface area (Å²) in [5, 5.41) is 14.4. The molecular formula is C13H13N2O3-. The van der Waals surface area contributed by atoms with E-state index in [1.807, 2.05) is 32.0 Å². The van der Waals surface area contributed by atoms with Crippen LogP contribution in [0.2, 0.25) is 0 Å². The van der Waals surface area contributed by atoms with E-state index in [2.05, 4.69) is 5.10 Å². The van der Waals surface area contributed by atoms with Crippen molar-refractivity contribution in [2.24, 2.45) is 0 Å². The molecule has 0 spiro atoms. The first-order valence-corrected chi connectivity index (χ1v) is 5.51. The molecule has 0 atom stereocenters. The summed E-state index contributed by atoms with van der Waals surface area (Å²) < 4.78 is 6.99. The number of aromatic carboxylic acids is 1. The van der Waals surface area contributed by atoms with E-state index >= 15 is 0 Å². The van der Waals surface area contributed by atoms with Gasteiger partial charge in [0.05, 0.1) is 5.97 Å². The Morgan fingerprint density at radius 3 is 2.83 bits per heavy atom. The topological polar surface area (TPSA) is 67.2 Å². The van der Waals surface area contributed by atoms with Crippen LogP contribution in [0.15, 0.2) is 30.5 Å². The number of carboxylic acids is 1. The molecule has 0 fully saturated rings. The lowest BCUT2D eigenvalue weighted by Gasteiger charge is -2.09. The second-order valence-corrected chi connectivity index (χ2v) is 4.07. The molecule has 94 valence electrons. The molecule has 0 saturated carbocycles. The monoisotopic (exact) mass is 245 g/mol. The summed E-state index contributed by atoms with van der Waals surface area (Å²) in [5.41, 5.74) is 2.03. The summed E-state index contributed by atoms with van der Waals surface area (Å²) in [6.45, 7) is 4.09. The van der Waals surface area contributed by atoms with Crippen molar-refractivity contribution in [3.63, 3.8) is 0 Å². The molecule has 2 rings (SSSR count). The van der Waals surface area contributed by atoms with Crippen LogP contribution in [0, 0.1) is 13.8 Å². The van der Waals surface area contributed by atoms with Crippen molar-refractivity contribution >= 4 is 5.97 Å². The van der Waals surface area contributed by atoms with Gasteiger partial charge in [-0.15, -0.1) is 0 Å². The molecule has 5 heteroatoms. The number of nitrogens with zero attached hydrogens (tertiary/aromatic N) is 2. The third kappa shape index (κ3) is 2.68. The lowest BCUT2D eigenvalue weighted by atomic mass is 10.1. The Hall–Kier alpha value is -2.30. The fourth-order valence-electron chi connectivity index (χ4n) is 1.54. The maximum absolute atomic E-state index is 10.6. The minimum atomic E-state index is -1.29. The highest BCUT2D eigenvalue weighted by Crippen LogP contribution is 2.19. The van der Waals surface area contributed by atoms with Gasteiger partial charge in [0.2, 0.25) is 0 Å². The molecule has 5 nitrogen and oxygen atoms in total. The zero-order chi connectivity index (χ0) is 13.1. The molecule has 1 aromatic carbocycles. The fraction of sp³-hybridized carbons (Fsp3) is 0.231. The Kier molecular flexibility index (Phi) is 3.32. The van der Waals surface area contributed by atoms with Crippen molar-refractivity contribution in [3.05, 3.63) is 47.3 Å². The highest BCUT2D eigenvalue weighted by Gasteiger charge is 2.02. The highest BCUT2D eigenvalue weighted by molar-refractivity contribution is 5.83. The number of hydrogen-bond donors (Lipinski definition) is 0. The summed E-state index contributed by atoms with van der Waals surface area (Å²) in [7, 11) is 0. The number of ether oxygens (including phenoxy) is 1. The first-order valence-electron chi connectivity index (χ1n) is 5.51. The average Bonchev–Trinajstić information content (AvgIpc) is 2.79. The first kappa shape index (κ1) is 12.2. The second-order valence-electron chi connectivity index (χ2n) is 4.07. The van der Waals surface area contributed by atoms with Gasteiger partial charge >= 0.3 is 0 Å². The Bertz CT molecular complexity index is 575. The van der Waals surface area contributed by atoms with Crippen LogP contribution in [0.5, 0.6) is 5.75 Å². The summed E-state index contributed by atoms with van der Waals surface area (Å²) in [6, 6.07) is 7.28. The highest BCUT2D eigenvalue weighted by atomic mass is 16.5. The van der Waals surface area contributed by atoms with Gasteiger partial charge in [0.1, 0.15) is 11.4 Å². The molecule has 1 heterocycles. The van der Waals surface area contributed by atoms with Gasteiger partial charge in [-0.1, -0.05) is 12.1 Å². The van der Waals surface area contributed by atoms with E-state index in [-0.39, 0.29) is 12.4 Å². The first-order chi connectivity index (χ1) is 8.56. The van der Waals surface area contributed by atoms with Crippen molar-refractivity contribution in [1.29, 1.82) is 0 Å². The summed E-state index contributed by atoms with van der Waals surface area (Å²) in [6.07, 6.45) is 1.54. The van der Waals surface area contributed by atoms with Crippen LogP contribution in [0.4, 0.5) is 0 Å². The number of carbonyl (C=O) groups is 1. The van der Waals surface area contributed by atoms with Gasteiger partial charge in [-0.05, 0) is 37.1 Å². The number of rotatable bonds is 4. The molecule has 0 radical (unpaired) electrons. The number of carbonyl (C=O) groups excluding carboxylic acids is 1. The van der Waals surface area contributed by atoms with E-state index in [4.69, 9.17) is 4.74 Å². The van der Waals surface area contributed by atoms with Crippen LogP contribution in [-0.2, 0) is 6.73 Å². The van der Waals surface area contributed by atoms with E-state index in [0.717, 1.165) is 16.9 Å². The molecular weight excluding hydrogens is 232 g/mol. The number of aryl methyl sites for hydroxylation is 2. The lowest BCUT2D eigenvalue weighted by molar-refractivity contribution is -0.255. The molecule has 0 aliphatic carbocycles. The van der Waals surface area contributed by atoms with Crippen LogP contribution in [0.3, 0.4) is 0 Å². The zero-order valence-corrected chi connectivity index (χ0v) is 10.2. The van der Waals surface area contributed by atoms with Crippen molar-refractivity contribution in [3.8, 4) is 5.75 Å². The maximum Gasteiger partial charge on any atom is 0.180 e. The molecule has 1 aromatic heterocycles. The smallest absolute Gasteiger partial charge is 0.180 e. The van der Waals surface area contributed by atoms with Gasteiger partial charge in [0.15, 0.2) is 6.73 Å². The standard InChI is InChI=1S/C13H14N2O3/c1-9-3-4-10(2)12(7-9)18-8-15-6-5-11(14-15)13(16)17/h3-7H,8H2,1-2H3,(H,16,17)/p-1. The van der Waals surface area contributed by atoms with Crippen LogP contribution >= 0.6 is 0 Å². The number of hydrogen-bond acceptors (Lipinski definition) is 4. The average molecular weight is 245 g/mol. The second kappa shape index (κ2) is 4.91. The fourth-order valence-corrected chi connectivity index (χ4v) is 1.54. The predicted molar refractivity (Wildman–Crippen MR) is 63.1 cm³/mol. The van der Waals surface area contributed by atoms with Crippen molar-refractivity contribution in [2.45, 2.75) is 20.6 Å². The third-order valence-corrected chi connectivity index (χ3v) is 2.55. The van der Waals surface area contributed by atoms with Crippen LogP contribution in [0.1, 0.15) is 21.6 Å². The van der Waals surface area contributed by atoms with Gasteiger partial charge < -0.3 is 14.6 Å². The molecule has 0 bridgehead atoms. The Morgan fingerprint density at radius 2 is 2.17 bits per heavy atom. The summed E-state index contributed by atoms with van der Waals surface area (Å²) in [4.78, 5) is 10.6. The van der Waals surface area contributed by atoms with Gasteiger partial charge in [0.25, 0.3) is 0 Å². The molecule has 18 heavy (non-hydrogen) atoms. The van der Waals surface area contributed by atoms with Crippen molar-refractivity contribution in [1.82, 2.24) is 9.78 Å². The number of aromatic nitrogens is 2. The van der Waals surface area contributed by atoms with Gasteiger partial charge in [-0.2, -0.15) is 5.10 Å². The molecule has 0 aliphatic heterocycles. The predicted octanol–water partition coefficient (Wildman–Crippen LogP) is 0.900. The molecule has 0 saturated heterocycles. The van der Waals surface area contributed by atoms with Gasteiger partial charge in [0, 0.05) is 6.20 Å². The Balaban J connectivity index is 2.06. The van der Waals surface area contributed by atoms with E-state index in [1.165, 1.54) is 16.9 Å². The van der Waals surface area contributed by atoms with Gasteiger partial charge in [-0.25, -0.2) is 4.68 Å². The van der Waals surface area contributed by atoms with Crippen molar-refractivity contribution < 1.29 is 14.6 Å². The van der Waals surface area contributed by atoms with E-state index in [1.54, 1.807) is 0 Å². The number of benzene rings is 1. The Labute approximate surface area is 105 Å². The summed E-state index contributed by atoms with van der Waals surface area (Å²) >= 11 is 0. The Morgan fingerprint density at radius 1 is 1.39 bits per heavy atom. The summed E-state index contributed by atoms with van der Waals surface area (Å²) in [5.74, 6) is -0.527. The number of carboxylic acid groups (broad SMARTS) is 1. The van der Waals surface area contributed by atoms with Crippen LogP contribution in [0.25, 0.3) is 0 Å². The zero-order valence-electron chi connectivity index (χ0n) is 10.2. The molecule has 0 aliphatic rings. The molecule has 0 amide bonds. The molecule has 0 N–H and O–H groups in total. The SMILES string of the molecule is Cc1ccc(C)c(OCn2ccc(C(=O)[O-])n2)c1. The van der Waals surface area contributed by atoms with E-state index in [9.17, 15) is 9.90 Å². The van der Waals surface area contributed by atoms with Crippen molar-refractivity contribution in [2.75, 3.05) is 0 Å². The quantitative estimate of drug-likeness (QED) is 0.802. The molecule has 0 unspecified atom stereocenters. The largest absolute Gasteiger partial charge is 0.543 e. The maximum atomic E-state index is 10.6. The van der Waals surface area contributed by atoms with Crippen LogP contribution in [-0.4, -0.2) is 15.7 Å². The lowest BCUT2D eigenvalue weighted by Crippen LogP contribution is -2.23. The normalized spacial score (nSPS) is 10.3.